The minimum Gasteiger partial charge on any atom is -0.497 e. The molecule has 0 bridgehead atoms. The van der Waals surface area contributed by atoms with Crippen molar-refractivity contribution in [3.05, 3.63) is 95.2 Å². The fourth-order valence-corrected chi connectivity index (χ4v) is 5.42. The Labute approximate surface area is 217 Å². The molecule has 0 aromatic heterocycles. The number of hydrogen-bond acceptors (Lipinski definition) is 5. The Morgan fingerprint density at radius 3 is 2.46 bits per heavy atom. The fourth-order valence-electron chi connectivity index (χ4n) is 5.42. The van der Waals surface area contributed by atoms with Gasteiger partial charge in [-0.3, -0.25) is 14.5 Å². The predicted molar refractivity (Wildman–Crippen MR) is 145 cm³/mol. The van der Waals surface area contributed by atoms with Gasteiger partial charge in [0.25, 0.3) is 0 Å². The van der Waals surface area contributed by atoms with Crippen molar-refractivity contribution in [2.75, 3.05) is 23.9 Å². The molecule has 37 heavy (non-hydrogen) atoms. The topological polar surface area (TPSA) is 67.9 Å². The Kier molecular flexibility index (Phi) is 6.99. The van der Waals surface area contributed by atoms with Gasteiger partial charge in [0.05, 0.1) is 31.1 Å². The van der Waals surface area contributed by atoms with Crippen LogP contribution in [0.4, 0.5) is 11.4 Å². The second-order valence-electron chi connectivity index (χ2n) is 9.51. The second kappa shape index (κ2) is 10.5. The van der Waals surface area contributed by atoms with Crippen LogP contribution >= 0.6 is 0 Å². The molecule has 3 aromatic carbocycles. The molecule has 3 aromatic rings. The Hall–Kier alpha value is -4.06. The van der Waals surface area contributed by atoms with E-state index in [2.05, 4.69) is 18.3 Å². The molecule has 1 amide bonds. The normalized spacial score (nSPS) is 18.9. The number of ether oxygens (including phenoxy) is 2. The molecule has 2 aliphatic rings. The van der Waals surface area contributed by atoms with Gasteiger partial charge in [-0.2, -0.15) is 0 Å². The van der Waals surface area contributed by atoms with E-state index in [0.717, 1.165) is 46.1 Å². The molecule has 1 N–H and O–H groups in total. The van der Waals surface area contributed by atoms with E-state index < -0.39 is 6.04 Å². The van der Waals surface area contributed by atoms with Gasteiger partial charge in [0, 0.05) is 30.5 Å². The highest BCUT2D eigenvalue weighted by molar-refractivity contribution is 6.06. The standard InChI is InChI=1S/C31H32N2O4/c1-4-17-37-29-12-8-5-9-24(29)22-18-26-30(28(35)19-22)31(21-13-15-23(36-3)16-14-21)33(20(2)34)27-11-7-6-10-25(27)32-26/h5-16,22,31-32H,4,17-19H2,1-3H3/t22-,31-/m1/s1. The fraction of sp³-hybridized carbons (Fsp3) is 0.290. The number of carbonyl (C=O) groups excluding carboxylic acids is 2. The highest BCUT2D eigenvalue weighted by Crippen LogP contribution is 2.48. The molecule has 0 unspecified atom stereocenters. The van der Waals surface area contributed by atoms with Gasteiger partial charge < -0.3 is 14.8 Å². The van der Waals surface area contributed by atoms with E-state index in [1.165, 1.54) is 0 Å². The summed E-state index contributed by atoms with van der Waals surface area (Å²) in [7, 11) is 1.62. The summed E-state index contributed by atoms with van der Waals surface area (Å²) in [4.78, 5) is 28.9. The van der Waals surface area contributed by atoms with Gasteiger partial charge in [0.1, 0.15) is 11.5 Å². The number of benzene rings is 3. The van der Waals surface area contributed by atoms with Crippen LogP contribution in [0.3, 0.4) is 0 Å². The average Bonchev–Trinajstić information content (AvgIpc) is 3.07. The highest BCUT2D eigenvalue weighted by Gasteiger charge is 2.41. The van der Waals surface area contributed by atoms with Gasteiger partial charge in [0.2, 0.25) is 5.91 Å². The smallest absolute Gasteiger partial charge is 0.224 e. The van der Waals surface area contributed by atoms with E-state index in [9.17, 15) is 9.59 Å². The van der Waals surface area contributed by atoms with Crippen LogP contribution < -0.4 is 19.7 Å². The van der Waals surface area contributed by atoms with E-state index in [1.807, 2.05) is 66.7 Å². The van der Waals surface area contributed by atoms with Gasteiger partial charge in [-0.15, -0.1) is 0 Å². The molecule has 6 heteroatoms. The van der Waals surface area contributed by atoms with Crippen molar-refractivity contribution >= 4 is 23.1 Å². The molecule has 1 heterocycles. The molecular weight excluding hydrogens is 464 g/mol. The number of rotatable bonds is 6. The van der Waals surface area contributed by atoms with Crippen LogP contribution in [-0.2, 0) is 9.59 Å². The lowest BCUT2D eigenvalue weighted by molar-refractivity contribution is -0.117. The van der Waals surface area contributed by atoms with E-state index in [4.69, 9.17) is 9.47 Å². The highest BCUT2D eigenvalue weighted by atomic mass is 16.5. The van der Waals surface area contributed by atoms with E-state index >= 15 is 0 Å². The summed E-state index contributed by atoms with van der Waals surface area (Å²) in [5, 5.41) is 3.56. The number of methoxy groups -OCH3 is 1. The maximum absolute atomic E-state index is 14.0. The molecule has 0 fully saturated rings. The first-order valence-electron chi connectivity index (χ1n) is 12.8. The number of amides is 1. The van der Waals surface area contributed by atoms with Crippen LogP contribution in [0.1, 0.15) is 56.2 Å². The number of anilines is 2. The maximum atomic E-state index is 14.0. The molecule has 0 spiro atoms. The molecular formula is C31H32N2O4. The second-order valence-corrected chi connectivity index (χ2v) is 9.51. The predicted octanol–water partition coefficient (Wildman–Crippen LogP) is 6.40. The third-order valence-electron chi connectivity index (χ3n) is 7.08. The van der Waals surface area contributed by atoms with E-state index in [-0.39, 0.29) is 17.6 Å². The van der Waals surface area contributed by atoms with Gasteiger partial charge >= 0.3 is 0 Å². The number of hydrogen-bond donors (Lipinski definition) is 1. The number of carbonyl (C=O) groups is 2. The van der Waals surface area contributed by atoms with Gasteiger partial charge in [-0.05, 0) is 54.3 Å². The molecule has 1 aliphatic carbocycles. The van der Waals surface area contributed by atoms with Crippen molar-refractivity contribution in [2.45, 2.75) is 45.1 Å². The molecule has 5 rings (SSSR count). The number of allylic oxidation sites excluding steroid dienone is 1. The molecule has 2 atom stereocenters. The van der Waals surface area contributed by atoms with Crippen molar-refractivity contribution in [1.29, 1.82) is 0 Å². The zero-order valence-corrected chi connectivity index (χ0v) is 21.5. The Morgan fingerprint density at radius 1 is 1.00 bits per heavy atom. The molecule has 190 valence electrons. The summed E-state index contributed by atoms with van der Waals surface area (Å²) in [6, 6.07) is 22.8. The maximum Gasteiger partial charge on any atom is 0.224 e. The summed E-state index contributed by atoms with van der Waals surface area (Å²) in [5.74, 6) is 1.43. The van der Waals surface area contributed by atoms with Crippen molar-refractivity contribution in [1.82, 2.24) is 0 Å². The first-order valence-corrected chi connectivity index (χ1v) is 12.8. The summed E-state index contributed by atoms with van der Waals surface area (Å²) in [5.41, 5.74) is 4.95. The third kappa shape index (κ3) is 4.71. The number of para-hydroxylation sites is 3. The summed E-state index contributed by atoms with van der Waals surface area (Å²) >= 11 is 0. The zero-order chi connectivity index (χ0) is 25.9. The minimum absolute atomic E-state index is 0.0284. The van der Waals surface area contributed by atoms with Gasteiger partial charge in [-0.1, -0.05) is 49.4 Å². The molecule has 0 saturated heterocycles. The number of Topliss-reactive ketones (excluding diaryl/α,β-unsaturated/α-hetero) is 1. The number of nitrogens with one attached hydrogen (secondary N) is 1. The summed E-state index contributed by atoms with van der Waals surface area (Å²) in [6.45, 7) is 4.26. The number of fused-ring (bicyclic) bond motifs is 1. The van der Waals surface area contributed by atoms with E-state index in [0.29, 0.717) is 25.0 Å². The van der Waals surface area contributed by atoms with Crippen LogP contribution in [0.15, 0.2) is 84.1 Å². The largest absolute Gasteiger partial charge is 0.497 e. The molecule has 0 saturated carbocycles. The quantitative estimate of drug-likeness (QED) is 0.427. The van der Waals surface area contributed by atoms with Crippen LogP contribution in [-0.4, -0.2) is 25.4 Å². The SMILES string of the molecule is CCCOc1ccccc1[C@H]1CC(=O)C2=C(C1)Nc1ccccc1N(C(C)=O)[C@@H]2c1ccc(OC)cc1. The lowest BCUT2D eigenvalue weighted by atomic mass is 9.78. The van der Waals surface area contributed by atoms with Crippen LogP contribution in [0.2, 0.25) is 0 Å². The lowest BCUT2D eigenvalue weighted by Gasteiger charge is -2.34. The van der Waals surface area contributed by atoms with Gasteiger partial charge in [0.15, 0.2) is 5.78 Å². The summed E-state index contributed by atoms with van der Waals surface area (Å²) < 4.78 is 11.4. The minimum atomic E-state index is -0.547. The Morgan fingerprint density at radius 2 is 1.73 bits per heavy atom. The average molecular weight is 497 g/mol. The van der Waals surface area contributed by atoms with Crippen molar-refractivity contribution in [3.63, 3.8) is 0 Å². The first-order chi connectivity index (χ1) is 18.0. The summed E-state index contributed by atoms with van der Waals surface area (Å²) in [6.07, 6.45) is 1.90. The van der Waals surface area contributed by atoms with Crippen molar-refractivity contribution in [2.24, 2.45) is 0 Å². The van der Waals surface area contributed by atoms with Gasteiger partial charge in [-0.25, -0.2) is 0 Å². The Bertz CT molecular complexity index is 1350. The molecule has 0 radical (unpaired) electrons. The first kappa shape index (κ1) is 24.6. The van der Waals surface area contributed by atoms with Crippen LogP contribution in [0, 0.1) is 0 Å². The lowest BCUT2D eigenvalue weighted by Crippen LogP contribution is -2.37. The molecule has 1 aliphatic heterocycles. The van der Waals surface area contributed by atoms with Crippen molar-refractivity contribution in [3.8, 4) is 11.5 Å². The van der Waals surface area contributed by atoms with Crippen molar-refractivity contribution < 1.29 is 19.1 Å². The molecule has 6 nitrogen and oxygen atoms in total. The number of nitrogens with zero attached hydrogens (tertiary/aromatic N) is 1. The monoisotopic (exact) mass is 496 g/mol. The van der Waals surface area contributed by atoms with Crippen LogP contribution in [0.5, 0.6) is 11.5 Å². The number of ketones is 1. The van der Waals surface area contributed by atoms with E-state index in [1.54, 1.807) is 18.9 Å². The zero-order valence-electron chi connectivity index (χ0n) is 21.5. The van der Waals surface area contributed by atoms with Crippen LogP contribution in [0.25, 0.3) is 0 Å². The Balaban J connectivity index is 1.65. The third-order valence-corrected chi connectivity index (χ3v) is 7.08.